The standard InChI is InChI=1S/C21H17Br3N2O/c22-13-1-5-16(6-2-13)25-11-17(27)12-26-20-7-3-14(23)9-18(20)19-10-15(24)4-8-21(19)26/h1-10,17,25,27H,11-12H2/t17-/m1/s1. The summed E-state index contributed by atoms with van der Waals surface area (Å²) in [7, 11) is 0. The number of nitrogens with zero attached hydrogens (tertiary/aromatic N) is 1. The van der Waals surface area contributed by atoms with Crippen molar-refractivity contribution in [1.29, 1.82) is 0 Å². The van der Waals surface area contributed by atoms with Crippen LogP contribution in [-0.2, 0) is 6.54 Å². The van der Waals surface area contributed by atoms with E-state index >= 15 is 0 Å². The third kappa shape index (κ3) is 4.09. The third-order valence-corrected chi connectivity index (χ3v) is 6.08. The highest BCUT2D eigenvalue weighted by Crippen LogP contribution is 2.33. The molecule has 2 N–H and O–H groups in total. The first-order valence-corrected chi connectivity index (χ1v) is 10.9. The second-order valence-corrected chi connectivity index (χ2v) is 9.22. The number of nitrogens with one attached hydrogen (secondary N) is 1. The molecule has 1 aromatic heterocycles. The number of rotatable bonds is 5. The van der Waals surface area contributed by atoms with Gasteiger partial charge in [0.05, 0.1) is 12.6 Å². The lowest BCUT2D eigenvalue weighted by atomic mass is 10.2. The smallest absolute Gasteiger partial charge is 0.0891 e. The molecule has 4 rings (SSSR count). The first kappa shape index (κ1) is 19.0. The van der Waals surface area contributed by atoms with Crippen LogP contribution in [0, 0.1) is 0 Å². The zero-order chi connectivity index (χ0) is 19.0. The van der Waals surface area contributed by atoms with Crippen LogP contribution >= 0.6 is 47.8 Å². The predicted molar refractivity (Wildman–Crippen MR) is 123 cm³/mol. The van der Waals surface area contributed by atoms with Gasteiger partial charge in [-0.2, -0.15) is 0 Å². The molecule has 0 aliphatic carbocycles. The Balaban J connectivity index is 1.63. The third-order valence-electron chi connectivity index (χ3n) is 4.57. The number of hydrogen-bond acceptors (Lipinski definition) is 2. The molecule has 0 amide bonds. The van der Waals surface area contributed by atoms with E-state index in [0.29, 0.717) is 13.1 Å². The van der Waals surface area contributed by atoms with E-state index in [1.54, 1.807) is 0 Å². The van der Waals surface area contributed by atoms with Crippen LogP contribution in [0.2, 0.25) is 0 Å². The van der Waals surface area contributed by atoms with Gasteiger partial charge in [0.25, 0.3) is 0 Å². The summed E-state index contributed by atoms with van der Waals surface area (Å²) in [5.41, 5.74) is 3.23. The highest BCUT2D eigenvalue weighted by Gasteiger charge is 2.14. The summed E-state index contributed by atoms with van der Waals surface area (Å²) in [4.78, 5) is 0. The summed E-state index contributed by atoms with van der Waals surface area (Å²) in [6.45, 7) is 1.00. The van der Waals surface area contributed by atoms with Gasteiger partial charge in [-0.3, -0.25) is 0 Å². The van der Waals surface area contributed by atoms with Crippen LogP contribution in [0.4, 0.5) is 5.69 Å². The van der Waals surface area contributed by atoms with E-state index in [0.717, 1.165) is 30.1 Å². The van der Waals surface area contributed by atoms with E-state index in [2.05, 4.69) is 81.9 Å². The minimum Gasteiger partial charge on any atom is -0.389 e. The Morgan fingerprint density at radius 1 is 0.778 bits per heavy atom. The van der Waals surface area contributed by atoms with Crippen molar-refractivity contribution >= 4 is 75.3 Å². The molecule has 0 saturated heterocycles. The maximum Gasteiger partial charge on any atom is 0.0891 e. The van der Waals surface area contributed by atoms with Crippen LogP contribution in [-0.4, -0.2) is 22.3 Å². The van der Waals surface area contributed by atoms with E-state index in [1.807, 2.05) is 36.4 Å². The van der Waals surface area contributed by atoms with Gasteiger partial charge in [-0.1, -0.05) is 47.8 Å². The number of benzene rings is 3. The minimum atomic E-state index is -0.514. The minimum absolute atomic E-state index is 0.482. The number of halogens is 3. The molecule has 0 spiro atoms. The van der Waals surface area contributed by atoms with Crippen molar-refractivity contribution in [3.8, 4) is 0 Å². The van der Waals surface area contributed by atoms with E-state index in [4.69, 9.17) is 0 Å². The van der Waals surface area contributed by atoms with Crippen molar-refractivity contribution < 1.29 is 5.11 Å². The molecule has 138 valence electrons. The fourth-order valence-electron chi connectivity index (χ4n) is 3.32. The largest absolute Gasteiger partial charge is 0.389 e. The zero-order valence-corrected chi connectivity index (χ0v) is 19.1. The molecule has 6 heteroatoms. The summed E-state index contributed by atoms with van der Waals surface area (Å²) in [6, 6.07) is 20.5. The van der Waals surface area contributed by atoms with E-state index in [1.165, 1.54) is 10.8 Å². The Morgan fingerprint density at radius 2 is 1.30 bits per heavy atom. The lowest BCUT2D eigenvalue weighted by Gasteiger charge is -2.15. The molecular weight excluding hydrogens is 536 g/mol. The molecule has 3 nitrogen and oxygen atoms in total. The Labute approximate surface area is 182 Å². The molecule has 0 unspecified atom stereocenters. The van der Waals surface area contributed by atoms with Crippen molar-refractivity contribution in [3.63, 3.8) is 0 Å². The predicted octanol–water partition coefficient (Wildman–Crippen LogP) is 6.56. The lowest BCUT2D eigenvalue weighted by molar-refractivity contribution is 0.169. The van der Waals surface area contributed by atoms with Crippen LogP contribution < -0.4 is 5.32 Å². The van der Waals surface area contributed by atoms with Crippen LogP contribution in [0.25, 0.3) is 21.8 Å². The molecule has 3 aromatic carbocycles. The maximum absolute atomic E-state index is 10.7. The molecular formula is C21H17Br3N2O. The second kappa shape index (κ2) is 7.95. The number of fused-ring (bicyclic) bond motifs is 3. The highest BCUT2D eigenvalue weighted by molar-refractivity contribution is 9.11. The highest BCUT2D eigenvalue weighted by atomic mass is 79.9. The monoisotopic (exact) mass is 550 g/mol. The average Bonchev–Trinajstić information content (AvgIpc) is 2.94. The summed E-state index contributed by atoms with van der Waals surface area (Å²) in [5, 5.41) is 16.3. The summed E-state index contributed by atoms with van der Waals surface area (Å²) < 4.78 is 5.33. The number of anilines is 1. The van der Waals surface area contributed by atoms with Crippen LogP contribution in [0.3, 0.4) is 0 Å². The van der Waals surface area contributed by atoms with Crippen molar-refractivity contribution in [3.05, 3.63) is 74.1 Å². The van der Waals surface area contributed by atoms with Gasteiger partial charge in [0.15, 0.2) is 0 Å². The van der Waals surface area contributed by atoms with Crippen molar-refractivity contribution in [2.45, 2.75) is 12.6 Å². The topological polar surface area (TPSA) is 37.2 Å². The first-order chi connectivity index (χ1) is 13.0. The first-order valence-electron chi connectivity index (χ1n) is 8.56. The van der Waals surface area contributed by atoms with E-state index in [-0.39, 0.29) is 0 Å². The van der Waals surface area contributed by atoms with Gasteiger partial charge in [0, 0.05) is 47.5 Å². The Bertz CT molecular complexity index is 1050. The van der Waals surface area contributed by atoms with Crippen LogP contribution in [0.5, 0.6) is 0 Å². The molecule has 0 fully saturated rings. The summed E-state index contributed by atoms with van der Waals surface area (Å²) in [6.07, 6.45) is -0.514. The molecule has 0 aliphatic heterocycles. The Morgan fingerprint density at radius 3 is 1.85 bits per heavy atom. The van der Waals surface area contributed by atoms with E-state index in [9.17, 15) is 5.11 Å². The van der Waals surface area contributed by atoms with Crippen molar-refractivity contribution in [2.75, 3.05) is 11.9 Å². The molecule has 0 saturated carbocycles. The van der Waals surface area contributed by atoms with Gasteiger partial charge >= 0.3 is 0 Å². The van der Waals surface area contributed by atoms with Gasteiger partial charge in [-0.05, 0) is 60.7 Å². The van der Waals surface area contributed by atoms with Crippen molar-refractivity contribution in [1.82, 2.24) is 4.57 Å². The molecule has 1 heterocycles. The average molecular weight is 553 g/mol. The molecule has 0 radical (unpaired) electrons. The number of aromatic nitrogens is 1. The van der Waals surface area contributed by atoms with Gasteiger partial charge in [-0.25, -0.2) is 0 Å². The molecule has 1 atom stereocenters. The van der Waals surface area contributed by atoms with Gasteiger partial charge < -0.3 is 15.0 Å². The van der Waals surface area contributed by atoms with Crippen LogP contribution in [0.1, 0.15) is 0 Å². The number of aliphatic hydroxyl groups is 1. The Kier molecular flexibility index (Phi) is 5.60. The quantitative estimate of drug-likeness (QED) is 0.294. The van der Waals surface area contributed by atoms with Gasteiger partial charge in [0.1, 0.15) is 0 Å². The normalized spacial score (nSPS) is 12.6. The fraction of sp³-hybridized carbons (Fsp3) is 0.143. The second-order valence-electron chi connectivity index (χ2n) is 6.48. The van der Waals surface area contributed by atoms with Crippen molar-refractivity contribution in [2.24, 2.45) is 0 Å². The SMILES string of the molecule is O[C@H](CNc1ccc(Br)cc1)Cn1c2ccc(Br)cc2c2cc(Br)ccc21. The van der Waals surface area contributed by atoms with Crippen LogP contribution in [0.15, 0.2) is 74.1 Å². The van der Waals surface area contributed by atoms with Gasteiger partial charge in [-0.15, -0.1) is 0 Å². The fourth-order valence-corrected chi connectivity index (χ4v) is 4.31. The molecule has 0 aliphatic rings. The Hall–Kier alpha value is -1.34. The number of aliphatic hydroxyl groups excluding tert-OH is 1. The zero-order valence-electron chi connectivity index (χ0n) is 14.3. The maximum atomic E-state index is 10.7. The molecule has 27 heavy (non-hydrogen) atoms. The van der Waals surface area contributed by atoms with Gasteiger partial charge in [0.2, 0.25) is 0 Å². The summed E-state index contributed by atoms with van der Waals surface area (Å²) >= 11 is 10.6. The van der Waals surface area contributed by atoms with E-state index < -0.39 is 6.10 Å². The molecule has 0 bridgehead atoms. The number of hydrogen-bond donors (Lipinski definition) is 2. The lowest BCUT2D eigenvalue weighted by Crippen LogP contribution is -2.24. The molecule has 4 aromatic rings. The summed E-state index contributed by atoms with van der Waals surface area (Å²) in [5.74, 6) is 0.